The molecule has 0 heterocycles. The number of carbonyl (C=O) groups excluding carboxylic acids is 3. The van der Waals surface area contributed by atoms with Gasteiger partial charge in [-0.3, -0.25) is 14.4 Å². The third-order valence-electron chi connectivity index (χ3n) is 7.08. The van der Waals surface area contributed by atoms with Gasteiger partial charge in [-0.15, -0.1) is 0 Å². The van der Waals surface area contributed by atoms with Crippen molar-refractivity contribution in [3.63, 3.8) is 0 Å². The first-order chi connectivity index (χ1) is 19.1. The number of esters is 3. The molecule has 230 valence electrons. The van der Waals surface area contributed by atoms with Gasteiger partial charge in [-0.25, -0.2) is 0 Å². The van der Waals surface area contributed by atoms with Gasteiger partial charge in [0, 0.05) is 12.3 Å². The number of carbonyl (C=O) groups is 3. The highest BCUT2D eigenvalue weighted by atomic mass is 16.5. The van der Waals surface area contributed by atoms with Gasteiger partial charge in [0.25, 0.3) is 0 Å². The van der Waals surface area contributed by atoms with Crippen LogP contribution in [-0.4, -0.2) is 37.7 Å². The molecule has 0 spiro atoms. The molecule has 0 aliphatic heterocycles. The van der Waals surface area contributed by atoms with E-state index in [1.54, 1.807) is 0 Å². The number of hydrogen-bond acceptors (Lipinski definition) is 6. The highest BCUT2D eigenvalue weighted by Crippen LogP contribution is 2.39. The molecule has 1 rings (SSSR count). The normalized spacial score (nSPS) is 20.9. The van der Waals surface area contributed by atoms with Crippen LogP contribution in [0, 0.1) is 41.4 Å². The van der Waals surface area contributed by atoms with Crippen molar-refractivity contribution in [3.8, 4) is 0 Å². The van der Waals surface area contributed by atoms with E-state index in [-0.39, 0.29) is 41.6 Å². The van der Waals surface area contributed by atoms with Crippen LogP contribution in [0.25, 0.3) is 0 Å². The van der Waals surface area contributed by atoms with Crippen LogP contribution >= 0.6 is 0 Å². The first-order valence-electron chi connectivity index (χ1n) is 15.9. The van der Waals surface area contributed by atoms with E-state index < -0.39 is 11.8 Å². The third kappa shape index (κ3) is 15.0. The summed E-state index contributed by atoms with van der Waals surface area (Å²) in [5.74, 6) is -1.16. The Bertz CT molecular complexity index is 781. The highest BCUT2D eigenvalue weighted by Gasteiger charge is 2.45. The number of unbranched alkanes of at least 4 members (excludes halogenated alkanes) is 6. The van der Waals surface area contributed by atoms with Gasteiger partial charge in [0.15, 0.2) is 0 Å². The van der Waals surface area contributed by atoms with Crippen LogP contribution < -0.4 is 0 Å². The molecule has 0 aromatic heterocycles. The molecular formula is C34H58O6. The van der Waals surface area contributed by atoms with Crippen molar-refractivity contribution >= 4 is 17.9 Å². The minimum atomic E-state index is -0.572. The van der Waals surface area contributed by atoms with Crippen molar-refractivity contribution in [2.45, 2.75) is 113 Å². The fourth-order valence-corrected chi connectivity index (χ4v) is 4.88. The Morgan fingerprint density at radius 1 is 0.700 bits per heavy atom. The average Bonchev–Trinajstić information content (AvgIpc) is 2.91. The zero-order chi connectivity index (χ0) is 29.9. The van der Waals surface area contributed by atoms with Crippen LogP contribution in [0.3, 0.4) is 0 Å². The van der Waals surface area contributed by atoms with Gasteiger partial charge in [-0.05, 0) is 49.4 Å². The van der Waals surface area contributed by atoms with Crippen LogP contribution in [0.2, 0.25) is 0 Å². The maximum absolute atomic E-state index is 13.4. The Morgan fingerprint density at radius 2 is 1.25 bits per heavy atom. The average molecular weight is 563 g/mol. The SMILES string of the molecule is CCCC[C@H]1C=C[C@@H](/C=C\CCCCCCCC(=O)OCC(C)C)[C@@H](C(=O)OCC(C)C)[C@H]1C(=O)OCC(C)C. The second-order valence-corrected chi connectivity index (χ2v) is 12.7. The summed E-state index contributed by atoms with van der Waals surface area (Å²) < 4.78 is 16.6. The number of allylic oxidation sites excluding steroid dienone is 4. The van der Waals surface area contributed by atoms with Crippen LogP contribution in [0.1, 0.15) is 113 Å². The minimum Gasteiger partial charge on any atom is -0.465 e. The molecule has 40 heavy (non-hydrogen) atoms. The number of rotatable bonds is 20. The molecule has 0 saturated carbocycles. The first kappa shape index (κ1) is 35.9. The molecule has 0 saturated heterocycles. The molecule has 1 aliphatic rings. The van der Waals surface area contributed by atoms with Gasteiger partial charge in [0.05, 0.1) is 31.7 Å². The molecule has 0 aromatic carbocycles. The smallest absolute Gasteiger partial charge is 0.310 e. The van der Waals surface area contributed by atoms with E-state index in [2.05, 4.69) is 31.2 Å². The Hall–Kier alpha value is -2.11. The molecule has 0 fully saturated rings. The summed E-state index contributed by atoms with van der Waals surface area (Å²) in [6.07, 6.45) is 17.9. The summed E-state index contributed by atoms with van der Waals surface area (Å²) in [7, 11) is 0. The van der Waals surface area contributed by atoms with E-state index in [1.165, 1.54) is 0 Å². The van der Waals surface area contributed by atoms with Crippen LogP contribution in [0.4, 0.5) is 0 Å². The van der Waals surface area contributed by atoms with E-state index in [0.717, 1.165) is 57.8 Å². The summed E-state index contributed by atoms with van der Waals surface area (Å²) in [5, 5.41) is 0. The van der Waals surface area contributed by atoms with Gasteiger partial charge < -0.3 is 14.2 Å². The van der Waals surface area contributed by atoms with Gasteiger partial charge in [0.1, 0.15) is 0 Å². The molecule has 0 amide bonds. The van der Waals surface area contributed by atoms with Crippen molar-refractivity contribution in [2.24, 2.45) is 41.4 Å². The van der Waals surface area contributed by atoms with E-state index >= 15 is 0 Å². The van der Waals surface area contributed by atoms with Crippen molar-refractivity contribution in [1.82, 2.24) is 0 Å². The standard InChI is InChI=1S/C34H58O6/c1-8-9-17-28-20-21-29(18-15-13-11-10-12-14-16-19-30(35)38-22-25(2)3)32(34(37)40-24-27(6)7)31(28)33(36)39-23-26(4)5/h15,18,20-21,25-29,31-32H,8-14,16-17,19,22-24H2,1-7H3/b18-15-/t28-,29+,31-,32+/m0/s1. The van der Waals surface area contributed by atoms with Gasteiger partial charge in [-0.2, -0.15) is 0 Å². The molecule has 0 unspecified atom stereocenters. The van der Waals surface area contributed by atoms with Gasteiger partial charge >= 0.3 is 17.9 Å². The quantitative estimate of drug-likeness (QED) is 0.0646. The monoisotopic (exact) mass is 562 g/mol. The molecule has 6 nitrogen and oxygen atoms in total. The zero-order valence-corrected chi connectivity index (χ0v) is 26.5. The van der Waals surface area contributed by atoms with E-state index in [4.69, 9.17) is 14.2 Å². The van der Waals surface area contributed by atoms with Crippen molar-refractivity contribution < 1.29 is 28.6 Å². The van der Waals surface area contributed by atoms with Crippen LogP contribution in [0.15, 0.2) is 24.3 Å². The Balaban J connectivity index is 2.76. The molecule has 0 radical (unpaired) electrons. The lowest BCUT2D eigenvalue weighted by atomic mass is 9.68. The Labute approximate surface area is 244 Å². The molecule has 0 N–H and O–H groups in total. The molecule has 0 bridgehead atoms. The number of ether oxygens (including phenoxy) is 3. The maximum Gasteiger partial charge on any atom is 0.310 e. The van der Waals surface area contributed by atoms with Gasteiger partial charge in [0.2, 0.25) is 0 Å². The zero-order valence-electron chi connectivity index (χ0n) is 26.5. The van der Waals surface area contributed by atoms with Crippen LogP contribution in [0.5, 0.6) is 0 Å². The highest BCUT2D eigenvalue weighted by molar-refractivity contribution is 5.83. The largest absolute Gasteiger partial charge is 0.465 e. The summed E-state index contributed by atoms with van der Waals surface area (Å²) in [6.45, 7) is 15.5. The summed E-state index contributed by atoms with van der Waals surface area (Å²) in [6, 6.07) is 0. The summed E-state index contributed by atoms with van der Waals surface area (Å²) in [5.41, 5.74) is 0. The van der Waals surface area contributed by atoms with E-state index in [9.17, 15) is 14.4 Å². The molecule has 6 heteroatoms. The predicted molar refractivity (Wildman–Crippen MR) is 161 cm³/mol. The lowest BCUT2D eigenvalue weighted by Gasteiger charge is -2.36. The maximum atomic E-state index is 13.4. The Morgan fingerprint density at radius 3 is 1.85 bits per heavy atom. The third-order valence-corrected chi connectivity index (χ3v) is 7.08. The number of hydrogen-bond donors (Lipinski definition) is 0. The van der Waals surface area contributed by atoms with Crippen molar-refractivity contribution in [2.75, 3.05) is 19.8 Å². The summed E-state index contributed by atoms with van der Waals surface area (Å²) in [4.78, 5) is 38.5. The fourth-order valence-electron chi connectivity index (χ4n) is 4.88. The predicted octanol–water partition coefficient (Wildman–Crippen LogP) is 8.10. The molecule has 1 aliphatic carbocycles. The van der Waals surface area contributed by atoms with E-state index in [0.29, 0.717) is 32.2 Å². The lowest BCUT2D eigenvalue weighted by molar-refractivity contribution is -0.165. The first-order valence-corrected chi connectivity index (χ1v) is 15.9. The van der Waals surface area contributed by atoms with Crippen molar-refractivity contribution in [3.05, 3.63) is 24.3 Å². The molecule has 0 aromatic rings. The van der Waals surface area contributed by atoms with Gasteiger partial charge in [-0.1, -0.05) is 105 Å². The second kappa shape index (κ2) is 20.7. The van der Waals surface area contributed by atoms with Crippen molar-refractivity contribution in [1.29, 1.82) is 0 Å². The fraction of sp³-hybridized carbons (Fsp3) is 0.794. The minimum absolute atomic E-state index is 0.0245. The topological polar surface area (TPSA) is 78.9 Å². The summed E-state index contributed by atoms with van der Waals surface area (Å²) >= 11 is 0. The Kier molecular flexibility index (Phi) is 18.6. The van der Waals surface area contributed by atoms with E-state index in [1.807, 2.05) is 41.5 Å². The molecular weight excluding hydrogens is 504 g/mol. The van der Waals surface area contributed by atoms with Crippen LogP contribution in [-0.2, 0) is 28.6 Å². The second-order valence-electron chi connectivity index (χ2n) is 12.7. The lowest BCUT2D eigenvalue weighted by Crippen LogP contribution is -2.43. The molecule has 4 atom stereocenters.